The monoisotopic (exact) mass is 612 g/mol. The van der Waals surface area contributed by atoms with Crippen molar-refractivity contribution in [2.24, 2.45) is 5.92 Å². The number of sulfonamides is 1. The normalized spacial score (nSPS) is 22.3. The third-order valence-corrected chi connectivity index (χ3v) is 9.46. The number of aliphatic hydroxyl groups is 2. The van der Waals surface area contributed by atoms with Crippen molar-refractivity contribution >= 4 is 21.6 Å². The second kappa shape index (κ2) is 11.1. The zero-order valence-electron chi connectivity index (χ0n) is 21.3. The number of hydrogen-bond acceptors (Lipinski definition) is 5. The molecule has 1 saturated carbocycles. The molecule has 41 heavy (non-hydrogen) atoms. The number of amides is 1. The van der Waals surface area contributed by atoms with E-state index in [4.69, 9.17) is 0 Å². The summed E-state index contributed by atoms with van der Waals surface area (Å²) in [4.78, 5) is 12.4. The highest BCUT2D eigenvalue weighted by Gasteiger charge is 2.71. The Bertz CT molecular complexity index is 1360. The number of halogens is 7. The maximum absolute atomic E-state index is 13.7. The van der Waals surface area contributed by atoms with Crippen LogP contribution in [0.15, 0.2) is 47.4 Å². The molecule has 3 N–H and O–H groups in total. The quantitative estimate of drug-likeness (QED) is 0.422. The van der Waals surface area contributed by atoms with E-state index in [0.717, 1.165) is 34.6 Å². The second-order valence-corrected chi connectivity index (χ2v) is 12.1. The van der Waals surface area contributed by atoms with E-state index < -0.39 is 62.3 Å². The summed E-state index contributed by atoms with van der Waals surface area (Å²) in [5.41, 5.74) is -7.17. The van der Waals surface area contributed by atoms with Crippen molar-refractivity contribution in [2.45, 2.75) is 73.5 Å². The van der Waals surface area contributed by atoms with Gasteiger partial charge in [0.25, 0.3) is 15.6 Å². The molecule has 7 nitrogen and oxygen atoms in total. The first-order valence-corrected chi connectivity index (χ1v) is 14.2. The number of nitrogens with one attached hydrogen (secondary N) is 1. The highest BCUT2D eigenvalue weighted by Crippen LogP contribution is 2.51. The van der Waals surface area contributed by atoms with Crippen LogP contribution in [0.25, 0.3) is 0 Å². The fourth-order valence-corrected chi connectivity index (χ4v) is 7.00. The predicted molar refractivity (Wildman–Crippen MR) is 132 cm³/mol. The third-order valence-electron chi connectivity index (χ3n) is 7.58. The molecule has 1 atom stereocenters. The first-order chi connectivity index (χ1) is 19.0. The van der Waals surface area contributed by atoms with Gasteiger partial charge in [-0.1, -0.05) is 12.1 Å². The molecule has 1 aliphatic carbocycles. The number of rotatable bonds is 6. The summed E-state index contributed by atoms with van der Waals surface area (Å²) in [6.45, 7) is -0.228. The van der Waals surface area contributed by atoms with E-state index in [1.165, 1.54) is 0 Å². The number of alkyl halides is 6. The molecule has 1 fully saturated rings. The van der Waals surface area contributed by atoms with Crippen LogP contribution in [0, 0.1) is 11.7 Å². The van der Waals surface area contributed by atoms with Gasteiger partial charge in [-0.3, -0.25) is 9.10 Å². The van der Waals surface area contributed by atoms with Crippen LogP contribution in [0.4, 0.5) is 36.4 Å². The molecule has 0 unspecified atom stereocenters. The van der Waals surface area contributed by atoms with E-state index in [2.05, 4.69) is 5.32 Å². The van der Waals surface area contributed by atoms with Gasteiger partial charge in [0.15, 0.2) is 0 Å². The van der Waals surface area contributed by atoms with Crippen LogP contribution in [0.2, 0.25) is 0 Å². The van der Waals surface area contributed by atoms with Gasteiger partial charge in [-0.15, -0.1) is 0 Å². The number of anilines is 1. The van der Waals surface area contributed by atoms with Crippen LogP contribution in [0.1, 0.15) is 43.2 Å². The Hall–Kier alpha value is -2.91. The highest BCUT2D eigenvalue weighted by atomic mass is 32.2. The molecular weight excluding hydrogens is 585 g/mol. The van der Waals surface area contributed by atoms with Crippen molar-refractivity contribution in [2.75, 3.05) is 10.8 Å². The molecule has 2 aromatic rings. The van der Waals surface area contributed by atoms with Gasteiger partial charge in [-0.2, -0.15) is 26.3 Å². The summed E-state index contributed by atoms with van der Waals surface area (Å²) >= 11 is 0. The fourth-order valence-electron chi connectivity index (χ4n) is 5.28. The van der Waals surface area contributed by atoms with Gasteiger partial charge in [0.05, 0.1) is 22.7 Å². The van der Waals surface area contributed by atoms with Crippen LogP contribution in [-0.2, 0) is 26.8 Å². The van der Waals surface area contributed by atoms with Gasteiger partial charge in [0, 0.05) is 18.0 Å². The topological polar surface area (TPSA) is 107 Å². The van der Waals surface area contributed by atoms with Gasteiger partial charge < -0.3 is 15.5 Å². The van der Waals surface area contributed by atoms with Gasteiger partial charge >= 0.3 is 12.4 Å². The molecule has 2 aliphatic rings. The molecular formula is C26H27F7N2O5S. The van der Waals surface area contributed by atoms with Crippen LogP contribution >= 0.6 is 0 Å². The first-order valence-electron chi connectivity index (χ1n) is 12.7. The summed E-state index contributed by atoms with van der Waals surface area (Å²) < 4.78 is 123. The molecule has 0 aromatic heterocycles. The molecule has 0 saturated heterocycles. The van der Waals surface area contributed by atoms with Crippen molar-refractivity contribution in [1.82, 2.24) is 5.32 Å². The second-order valence-electron chi connectivity index (χ2n) is 10.2. The Morgan fingerprint density at radius 1 is 0.927 bits per heavy atom. The maximum atomic E-state index is 13.7. The Labute approximate surface area is 231 Å². The molecule has 0 bridgehead atoms. The van der Waals surface area contributed by atoms with Crippen molar-refractivity contribution in [1.29, 1.82) is 0 Å². The predicted octanol–water partition coefficient (Wildman–Crippen LogP) is 4.32. The van der Waals surface area contributed by atoms with Crippen molar-refractivity contribution in [3.8, 4) is 0 Å². The minimum atomic E-state index is -6.13. The number of benzene rings is 2. The number of aliphatic hydroxyl groups excluding tert-OH is 1. The lowest BCUT2D eigenvalue weighted by atomic mass is 9.86. The van der Waals surface area contributed by atoms with Crippen LogP contribution in [-0.4, -0.2) is 55.6 Å². The maximum Gasteiger partial charge on any atom is 0.430 e. The largest absolute Gasteiger partial charge is 0.430 e. The lowest BCUT2D eigenvalue weighted by molar-refractivity contribution is -0.376. The number of carbonyl (C=O) groups excluding carboxylic acids is 1. The molecule has 226 valence electrons. The first kappa shape index (κ1) is 31.0. The number of nitrogens with zero attached hydrogens (tertiary/aromatic N) is 1. The Balaban J connectivity index is 1.72. The summed E-state index contributed by atoms with van der Waals surface area (Å²) in [5, 5.41) is 22.2. The van der Waals surface area contributed by atoms with Gasteiger partial charge in [-0.25, -0.2) is 12.8 Å². The minimum Gasteiger partial charge on any atom is -0.393 e. The average Bonchev–Trinajstić information content (AvgIpc) is 2.89. The van der Waals surface area contributed by atoms with Gasteiger partial charge in [-0.05, 0) is 74.4 Å². The van der Waals surface area contributed by atoms with Crippen molar-refractivity contribution in [3.05, 3.63) is 59.4 Å². The molecule has 15 heteroatoms. The van der Waals surface area contributed by atoms with Crippen molar-refractivity contribution < 1.29 is 54.2 Å². The third kappa shape index (κ3) is 5.89. The molecule has 1 amide bonds. The summed E-state index contributed by atoms with van der Waals surface area (Å²) in [6, 6.07) is 4.28. The van der Waals surface area contributed by atoms with Crippen LogP contribution < -0.4 is 9.62 Å². The smallest absolute Gasteiger partial charge is 0.393 e. The molecule has 4 rings (SSSR count). The van der Waals surface area contributed by atoms with E-state index >= 15 is 0 Å². The average molecular weight is 613 g/mol. The van der Waals surface area contributed by atoms with E-state index in [1.807, 2.05) is 0 Å². The Morgan fingerprint density at radius 3 is 2.07 bits per heavy atom. The molecule has 0 spiro atoms. The molecule has 0 radical (unpaired) electrons. The highest BCUT2D eigenvalue weighted by molar-refractivity contribution is 7.92. The standard InChI is InChI=1S/C26H27F7N2O5S/c27-18-5-10-21(11-6-18)41(39,40)35-19(14-34-23(37)15-2-8-20(36)9-3-15)7-1-16-13-17(4-12-22(16)35)24(38,25(28,29)30)26(31,32)33/h4-6,10-13,15,19-20,36,38H,1-3,7-9,14H2,(H,34,37)/t15-,19-,20+/m0/s1. The summed E-state index contributed by atoms with van der Waals surface area (Å²) in [7, 11) is -4.55. The number of fused-ring (bicyclic) bond motifs is 1. The summed E-state index contributed by atoms with van der Waals surface area (Å²) in [5.74, 6) is -1.54. The minimum absolute atomic E-state index is 0.100. The van der Waals surface area contributed by atoms with Gasteiger partial charge in [0.2, 0.25) is 5.91 Å². The van der Waals surface area contributed by atoms with E-state index in [0.29, 0.717) is 37.8 Å². The zero-order chi connectivity index (χ0) is 30.4. The van der Waals surface area contributed by atoms with Crippen LogP contribution in [0.3, 0.4) is 0 Å². The zero-order valence-corrected chi connectivity index (χ0v) is 22.2. The fraction of sp³-hybridized carbons (Fsp3) is 0.500. The number of carbonyl (C=O) groups is 1. The number of aryl methyl sites for hydroxylation is 1. The SMILES string of the molecule is O=C(NC[C@@H]1CCc2cc(C(O)(C(F)(F)F)C(F)(F)F)ccc2N1S(=O)(=O)c1ccc(F)cc1)[C@H]1CC[C@@H](O)CC1. The van der Waals surface area contributed by atoms with Crippen molar-refractivity contribution in [3.63, 3.8) is 0 Å². The van der Waals surface area contributed by atoms with Gasteiger partial charge in [0.1, 0.15) is 5.82 Å². The molecule has 1 heterocycles. The number of hydrogen-bond donors (Lipinski definition) is 3. The Morgan fingerprint density at radius 2 is 1.51 bits per heavy atom. The lowest BCUT2D eigenvalue weighted by Crippen LogP contribution is -2.54. The summed E-state index contributed by atoms with van der Waals surface area (Å²) in [6.07, 6.45) is -11.4. The van der Waals surface area contributed by atoms with E-state index in [-0.39, 0.29) is 36.5 Å². The molecule has 1 aliphatic heterocycles. The van der Waals surface area contributed by atoms with E-state index in [1.54, 1.807) is 0 Å². The Kier molecular flexibility index (Phi) is 8.37. The van der Waals surface area contributed by atoms with Crippen LogP contribution in [0.5, 0.6) is 0 Å². The lowest BCUT2D eigenvalue weighted by Gasteiger charge is -2.39. The van der Waals surface area contributed by atoms with E-state index in [9.17, 15) is 54.2 Å². The molecule has 2 aromatic carbocycles.